The molecule has 0 saturated carbocycles. The van der Waals surface area contributed by atoms with Crippen LogP contribution in [0.5, 0.6) is 0 Å². The van der Waals surface area contributed by atoms with Gasteiger partial charge in [-0.15, -0.1) is 0 Å². The third kappa shape index (κ3) is 23.9. The number of aryl methyl sites for hydroxylation is 1. The molecule has 0 aliphatic carbocycles. The van der Waals surface area contributed by atoms with Crippen LogP contribution >= 0.6 is 11.3 Å². The van der Waals surface area contributed by atoms with Crippen molar-refractivity contribution in [3.63, 3.8) is 0 Å². The van der Waals surface area contributed by atoms with Crippen molar-refractivity contribution in [3.8, 4) is 0 Å². The number of methoxy groups -OCH3 is 1. The van der Waals surface area contributed by atoms with Gasteiger partial charge in [0.05, 0.1) is 32.2 Å². The van der Waals surface area contributed by atoms with E-state index in [1.54, 1.807) is 16.2 Å². The van der Waals surface area contributed by atoms with Gasteiger partial charge >= 0.3 is 12.2 Å². The molecule has 0 bridgehead atoms. The van der Waals surface area contributed by atoms with Crippen molar-refractivity contribution in [2.45, 2.75) is 155 Å². The minimum absolute atomic E-state index is 0. The van der Waals surface area contributed by atoms with E-state index in [2.05, 4.69) is 33.3 Å². The van der Waals surface area contributed by atoms with Gasteiger partial charge in [-0.3, -0.25) is 0 Å². The van der Waals surface area contributed by atoms with Crippen LogP contribution in [0.25, 0.3) is 0 Å². The Bertz CT molecular complexity index is 784. The minimum atomic E-state index is -0.785. The Labute approximate surface area is 283 Å². The van der Waals surface area contributed by atoms with E-state index in [1.807, 2.05) is 13.8 Å². The molecule has 8 nitrogen and oxygen atoms in total. The van der Waals surface area contributed by atoms with Gasteiger partial charge in [-0.05, 0) is 26.7 Å². The van der Waals surface area contributed by atoms with Crippen LogP contribution in [0.1, 0.15) is 136 Å². The number of carbonyl (C=O) groups excluding carboxylic acids is 2. The van der Waals surface area contributed by atoms with E-state index in [4.69, 9.17) is 14.2 Å². The molecule has 44 heavy (non-hydrogen) atoms. The second-order valence-electron chi connectivity index (χ2n) is 11.9. The third-order valence-corrected chi connectivity index (χ3v) is 8.37. The van der Waals surface area contributed by atoms with Crippen molar-refractivity contribution in [3.05, 3.63) is 17.1 Å². The number of halogens is 1. The van der Waals surface area contributed by atoms with Crippen LogP contribution in [-0.2, 0) is 25.5 Å². The number of aromatic nitrogens is 1. The molecule has 1 atom stereocenters. The molecule has 10 heteroatoms. The Balaban J connectivity index is 0.0000185. The molecule has 0 N–H and O–H groups in total. The quantitative estimate of drug-likeness (QED) is 0.0596. The largest absolute Gasteiger partial charge is 1.00 e. The van der Waals surface area contributed by atoms with E-state index in [1.165, 1.54) is 97.0 Å². The summed E-state index contributed by atoms with van der Waals surface area (Å²) in [6.45, 7) is 8.41. The number of ether oxygens (including phenoxy) is 4. The number of carbonyl (C=O) groups is 2. The zero-order valence-corrected chi connectivity index (χ0v) is 30.7. The minimum Gasteiger partial charge on any atom is -1.00 e. The zero-order chi connectivity index (χ0) is 31.4. The summed E-state index contributed by atoms with van der Waals surface area (Å²) in [5, 5.41) is 2.05. The molecule has 0 aliphatic heterocycles. The molecule has 1 aromatic heterocycles. The molecule has 0 fully saturated rings. The van der Waals surface area contributed by atoms with Gasteiger partial charge in [0.2, 0.25) is 5.51 Å². The lowest BCUT2D eigenvalue weighted by atomic mass is 10.0. The van der Waals surface area contributed by atoms with Gasteiger partial charge in [-0.1, -0.05) is 115 Å². The lowest BCUT2D eigenvalue weighted by Crippen LogP contribution is -3.00. The molecule has 1 heterocycles. The number of nitrogens with zero attached hydrogens (tertiary/aromatic N) is 2. The first-order chi connectivity index (χ1) is 21.0. The number of thiazole rings is 1. The van der Waals surface area contributed by atoms with E-state index in [9.17, 15) is 9.59 Å². The molecule has 1 rings (SSSR count). The first-order valence-corrected chi connectivity index (χ1v) is 18.1. The fourth-order valence-electron chi connectivity index (χ4n) is 5.02. The van der Waals surface area contributed by atoms with E-state index < -0.39 is 12.3 Å². The molecular formula is C34H63BrN2O6S. The Morgan fingerprint density at radius 2 is 1.34 bits per heavy atom. The van der Waals surface area contributed by atoms with Crippen molar-refractivity contribution in [1.82, 2.24) is 4.90 Å². The highest BCUT2D eigenvalue weighted by molar-refractivity contribution is 7.07. The topological polar surface area (TPSA) is 78.2 Å². The predicted molar refractivity (Wildman–Crippen MR) is 175 cm³/mol. The smallest absolute Gasteiger partial charge is 0.508 e. The van der Waals surface area contributed by atoms with E-state index in [-0.39, 0.29) is 42.3 Å². The van der Waals surface area contributed by atoms with Crippen LogP contribution < -0.4 is 21.5 Å². The highest BCUT2D eigenvalue weighted by atomic mass is 79.9. The number of hydrogen-bond donors (Lipinski definition) is 0. The van der Waals surface area contributed by atoms with Gasteiger partial charge in [-0.2, -0.15) is 4.57 Å². The predicted octanol–water partition coefficient (Wildman–Crippen LogP) is 6.10. The number of hydrogen-bond acceptors (Lipinski definition) is 7. The molecule has 1 aromatic rings. The molecule has 0 saturated heterocycles. The summed E-state index contributed by atoms with van der Waals surface area (Å²) in [5.74, 6) is 0. The molecule has 258 valence electrons. The maximum absolute atomic E-state index is 12.9. The standard InChI is InChI=1S/C34H63N2O6S.BrH/c1-5-6-7-8-9-10-11-12-13-14-15-16-17-18-19-21-26-41-33(37)36(31(2)3)28-32(42-34(38)39-4)29-40-25-22-20-23-35-24-27-43-30-35;/h24,27,30-32H,5-23,25-26,28-29H2,1-4H3;1H/q+1;/p-1. The second-order valence-corrected chi connectivity index (χ2v) is 12.7. The fraction of sp³-hybridized carbons (Fsp3) is 0.853. The second kappa shape index (κ2) is 30.3. The highest BCUT2D eigenvalue weighted by Gasteiger charge is 2.26. The number of amides is 1. The van der Waals surface area contributed by atoms with E-state index in [0.29, 0.717) is 13.2 Å². The Kier molecular flexibility index (Phi) is 29.3. The van der Waals surface area contributed by atoms with Crippen LogP contribution in [0.2, 0.25) is 0 Å². The molecule has 0 aliphatic rings. The summed E-state index contributed by atoms with van der Waals surface area (Å²) in [6, 6.07) is -0.107. The Morgan fingerprint density at radius 3 is 1.84 bits per heavy atom. The summed E-state index contributed by atoms with van der Waals surface area (Å²) >= 11 is 1.67. The average molecular weight is 708 g/mol. The van der Waals surface area contributed by atoms with Crippen LogP contribution in [0.3, 0.4) is 0 Å². The Morgan fingerprint density at radius 1 is 0.795 bits per heavy atom. The zero-order valence-electron chi connectivity index (χ0n) is 28.3. The van der Waals surface area contributed by atoms with Crippen LogP contribution in [0, 0.1) is 0 Å². The van der Waals surface area contributed by atoms with E-state index >= 15 is 0 Å². The lowest BCUT2D eigenvalue weighted by molar-refractivity contribution is -0.692. The fourth-order valence-corrected chi connectivity index (χ4v) is 5.65. The first-order valence-electron chi connectivity index (χ1n) is 17.1. The van der Waals surface area contributed by atoms with Gasteiger partial charge in [-0.25, -0.2) is 9.59 Å². The van der Waals surface area contributed by atoms with Crippen LogP contribution in [0.15, 0.2) is 17.1 Å². The van der Waals surface area contributed by atoms with Crippen LogP contribution in [0.4, 0.5) is 9.59 Å². The number of rotatable bonds is 28. The molecule has 0 radical (unpaired) electrons. The number of unbranched alkanes of at least 4 members (excludes halogenated alkanes) is 16. The maximum Gasteiger partial charge on any atom is 0.508 e. The van der Waals surface area contributed by atoms with Crippen molar-refractivity contribution in [2.75, 3.05) is 33.5 Å². The van der Waals surface area contributed by atoms with Crippen LogP contribution in [-0.4, -0.2) is 62.8 Å². The average Bonchev–Trinajstić information content (AvgIpc) is 3.52. The van der Waals surface area contributed by atoms with Gasteiger partial charge in [0, 0.05) is 19.1 Å². The van der Waals surface area contributed by atoms with Gasteiger partial charge in [0.15, 0.2) is 6.20 Å². The van der Waals surface area contributed by atoms with Gasteiger partial charge < -0.3 is 40.8 Å². The summed E-state index contributed by atoms with van der Waals surface area (Å²) in [6.07, 6.45) is 23.1. The van der Waals surface area contributed by atoms with Crippen molar-refractivity contribution in [1.29, 1.82) is 0 Å². The summed E-state index contributed by atoms with van der Waals surface area (Å²) in [5.41, 5.74) is 2.08. The normalized spacial score (nSPS) is 11.7. The van der Waals surface area contributed by atoms with Crippen molar-refractivity contribution in [2.24, 2.45) is 0 Å². The molecule has 1 unspecified atom stereocenters. The molecule has 0 spiro atoms. The van der Waals surface area contributed by atoms with Gasteiger partial charge in [0.1, 0.15) is 12.6 Å². The van der Waals surface area contributed by atoms with Gasteiger partial charge in [0.25, 0.3) is 0 Å². The summed E-state index contributed by atoms with van der Waals surface area (Å²) in [4.78, 5) is 26.3. The van der Waals surface area contributed by atoms with Crippen molar-refractivity contribution < 1.29 is 50.1 Å². The first kappa shape index (κ1) is 42.6. The van der Waals surface area contributed by atoms with E-state index in [0.717, 1.165) is 32.2 Å². The molecular weight excluding hydrogens is 644 g/mol. The summed E-state index contributed by atoms with van der Waals surface area (Å²) in [7, 11) is 1.27. The highest BCUT2D eigenvalue weighted by Crippen LogP contribution is 2.14. The molecule has 0 aromatic carbocycles. The summed E-state index contributed by atoms with van der Waals surface area (Å²) < 4.78 is 23.6. The Hall–Kier alpha value is -1.39. The molecule has 1 amide bonds. The maximum atomic E-state index is 12.9. The SMILES string of the molecule is CCCCCCCCCCCCCCCCCCOC(=O)N(CC(COCCCC[n+]1ccsc1)OC(=O)OC)C(C)C.[Br-]. The third-order valence-electron chi connectivity index (χ3n) is 7.70. The van der Waals surface area contributed by atoms with Crippen molar-refractivity contribution >= 4 is 23.6 Å². The lowest BCUT2D eigenvalue weighted by Gasteiger charge is -2.29. The monoisotopic (exact) mass is 706 g/mol.